The molecule has 0 radical (unpaired) electrons. The molecule has 192 valence electrons. The van der Waals surface area contributed by atoms with Gasteiger partial charge < -0.3 is 15.5 Å². The molecule has 0 bridgehead atoms. The average Bonchev–Trinajstić information content (AvgIpc) is 3.67. The first kappa shape index (κ1) is 24.8. The summed E-state index contributed by atoms with van der Waals surface area (Å²) in [6.45, 7) is 2.07. The SMILES string of the molecule is CCCc1nc(-c2ccncc2)cn2c(C(=O)NC(CC3CCCCC3)C(O)C(O)C3CC3)nnc12. The number of nitrogens with zero attached hydrogens (tertiary/aromatic N) is 5. The van der Waals surface area contributed by atoms with E-state index in [4.69, 9.17) is 4.98 Å². The number of aliphatic hydroxyl groups excluding tert-OH is 2. The van der Waals surface area contributed by atoms with Gasteiger partial charge in [0.1, 0.15) is 6.10 Å². The lowest BCUT2D eigenvalue weighted by Crippen LogP contribution is -2.50. The largest absolute Gasteiger partial charge is 0.390 e. The molecule has 1 amide bonds. The van der Waals surface area contributed by atoms with E-state index in [1.165, 1.54) is 19.3 Å². The summed E-state index contributed by atoms with van der Waals surface area (Å²) in [5, 5.41) is 33.3. The van der Waals surface area contributed by atoms with Gasteiger partial charge in [-0.2, -0.15) is 0 Å². The van der Waals surface area contributed by atoms with Gasteiger partial charge in [-0.3, -0.25) is 14.2 Å². The van der Waals surface area contributed by atoms with Crippen molar-refractivity contribution in [3.8, 4) is 11.3 Å². The Labute approximate surface area is 211 Å². The van der Waals surface area contributed by atoms with Gasteiger partial charge in [0, 0.05) is 24.2 Å². The molecule has 36 heavy (non-hydrogen) atoms. The standard InChI is InChI=1S/C27H36N6O3/c1-2-6-20-25-31-32-26(33(25)16-22(29-20)18-11-13-28-14-12-18)27(36)30-21(15-17-7-4-3-5-8-17)24(35)23(34)19-9-10-19/h11-14,16-17,19,21,23-24,34-35H,2-10,15H2,1H3,(H,30,36). The predicted octanol–water partition coefficient (Wildman–Crippen LogP) is 3.34. The van der Waals surface area contributed by atoms with Crippen molar-refractivity contribution in [2.75, 3.05) is 0 Å². The summed E-state index contributed by atoms with van der Waals surface area (Å²) in [6.07, 6.45) is 13.2. The molecule has 3 unspecified atom stereocenters. The molecule has 2 aliphatic rings. The maximum absolute atomic E-state index is 13.5. The third kappa shape index (κ3) is 5.42. The van der Waals surface area contributed by atoms with Crippen LogP contribution in [0.2, 0.25) is 0 Å². The van der Waals surface area contributed by atoms with Crippen molar-refractivity contribution in [2.24, 2.45) is 11.8 Å². The van der Waals surface area contributed by atoms with Crippen LogP contribution in [0.1, 0.15) is 81.0 Å². The fourth-order valence-electron chi connectivity index (χ4n) is 5.43. The van der Waals surface area contributed by atoms with Gasteiger partial charge in [0.05, 0.1) is 23.5 Å². The molecule has 3 atom stereocenters. The number of pyridine rings is 1. The molecule has 0 saturated heterocycles. The summed E-state index contributed by atoms with van der Waals surface area (Å²) in [6, 6.07) is 3.22. The number of rotatable bonds is 10. The maximum Gasteiger partial charge on any atom is 0.289 e. The van der Waals surface area contributed by atoms with Crippen molar-refractivity contribution >= 4 is 11.6 Å². The maximum atomic E-state index is 13.5. The quantitative estimate of drug-likeness (QED) is 0.396. The number of hydrogen-bond acceptors (Lipinski definition) is 7. The van der Waals surface area contributed by atoms with E-state index in [0.29, 0.717) is 30.1 Å². The van der Waals surface area contributed by atoms with Gasteiger partial charge in [-0.25, -0.2) is 4.98 Å². The molecule has 3 heterocycles. The zero-order valence-electron chi connectivity index (χ0n) is 20.9. The summed E-state index contributed by atoms with van der Waals surface area (Å²) in [5.41, 5.74) is 2.94. The molecule has 0 spiro atoms. The smallest absolute Gasteiger partial charge is 0.289 e. The predicted molar refractivity (Wildman–Crippen MR) is 135 cm³/mol. The fraction of sp³-hybridized carbons (Fsp3) is 0.593. The minimum absolute atomic E-state index is 0.116. The van der Waals surface area contributed by atoms with Gasteiger partial charge in [0.2, 0.25) is 5.82 Å². The van der Waals surface area contributed by atoms with E-state index in [1.807, 2.05) is 12.1 Å². The number of aromatic nitrogens is 5. The van der Waals surface area contributed by atoms with Crippen LogP contribution in [-0.2, 0) is 6.42 Å². The Morgan fingerprint density at radius 2 is 1.86 bits per heavy atom. The van der Waals surface area contributed by atoms with Crippen LogP contribution in [0, 0.1) is 11.8 Å². The summed E-state index contributed by atoms with van der Waals surface area (Å²) in [5.74, 6) is 0.297. The van der Waals surface area contributed by atoms with Crippen molar-refractivity contribution < 1.29 is 15.0 Å². The molecular formula is C27H36N6O3. The zero-order valence-corrected chi connectivity index (χ0v) is 20.9. The fourth-order valence-corrected chi connectivity index (χ4v) is 5.43. The second kappa shape index (κ2) is 11.0. The first-order valence-corrected chi connectivity index (χ1v) is 13.4. The number of nitrogens with one attached hydrogen (secondary N) is 1. The number of amides is 1. The summed E-state index contributed by atoms with van der Waals surface area (Å²) >= 11 is 0. The van der Waals surface area contributed by atoms with E-state index in [1.54, 1.807) is 23.0 Å². The highest BCUT2D eigenvalue weighted by Gasteiger charge is 2.39. The molecule has 3 N–H and O–H groups in total. The van der Waals surface area contributed by atoms with Crippen LogP contribution < -0.4 is 5.32 Å². The summed E-state index contributed by atoms with van der Waals surface area (Å²) in [4.78, 5) is 22.4. The van der Waals surface area contributed by atoms with Crippen molar-refractivity contribution in [1.82, 2.24) is 29.9 Å². The Morgan fingerprint density at radius 1 is 1.11 bits per heavy atom. The molecule has 9 nitrogen and oxygen atoms in total. The van der Waals surface area contributed by atoms with Crippen LogP contribution in [0.15, 0.2) is 30.7 Å². The topological polar surface area (TPSA) is 126 Å². The van der Waals surface area contributed by atoms with E-state index in [9.17, 15) is 15.0 Å². The second-order valence-corrected chi connectivity index (χ2v) is 10.4. The molecule has 2 saturated carbocycles. The van der Waals surface area contributed by atoms with E-state index >= 15 is 0 Å². The van der Waals surface area contributed by atoms with Crippen LogP contribution in [0.4, 0.5) is 0 Å². The molecule has 2 fully saturated rings. The number of aryl methyl sites for hydroxylation is 1. The average molecular weight is 493 g/mol. The molecule has 3 aromatic heterocycles. The Kier molecular flexibility index (Phi) is 7.57. The first-order chi connectivity index (χ1) is 17.5. The van der Waals surface area contributed by atoms with E-state index < -0.39 is 24.2 Å². The van der Waals surface area contributed by atoms with Crippen LogP contribution in [0.3, 0.4) is 0 Å². The minimum atomic E-state index is -1.01. The second-order valence-electron chi connectivity index (χ2n) is 10.4. The van der Waals surface area contributed by atoms with Gasteiger partial charge >= 0.3 is 0 Å². The lowest BCUT2D eigenvalue weighted by atomic mass is 9.82. The Bertz CT molecular complexity index is 1170. The van der Waals surface area contributed by atoms with Crippen molar-refractivity contribution in [1.29, 1.82) is 0 Å². The molecule has 9 heteroatoms. The van der Waals surface area contributed by atoms with Gasteiger partial charge in [0.25, 0.3) is 5.91 Å². The Balaban J connectivity index is 1.44. The van der Waals surface area contributed by atoms with Crippen molar-refractivity contribution in [2.45, 2.75) is 89.4 Å². The number of carbonyl (C=O) groups excluding carboxylic acids is 1. The Hall–Kier alpha value is -2.91. The number of fused-ring (bicyclic) bond motifs is 1. The minimum Gasteiger partial charge on any atom is -0.390 e. The number of carbonyl (C=O) groups is 1. The number of hydrogen-bond donors (Lipinski definition) is 3. The monoisotopic (exact) mass is 492 g/mol. The summed E-state index contributed by atoms with van der Waals surface area (Å²) in [7, 11) is 0. The molecular weight excluding hydrogens is 456 g/mol. The number of aliphatic hydroxyl groups is 2. The van der Waals surface area contributed by atoms with E-state index in [2.05, 4.69) is 27.4 Å². The highest BCUT2D eigenvalue weighted by Crippen LogP contribution is 2.36. The molecule has 5 rings (SSSR count). The van der Waals surface area contributed by atoms with E-state index in [0.717, 1.165) is 43.4 Å². The summed E-state index contributed by atoms with van der Waals surface area (Å²) < 4.78 is 1.70. The van der Waals surface area contributed by atoms with Crippen molar-refractivity contribution in [3.05, 3.63) is 42.2 Å². The highest BCUT2D eigenvalue weighted by atomic mass is 16.3. The zero-order chi connectivity index (χ0) is 25.1. The van der Waals surface area contributed by atoms with Gasteiger partial charge in [-0.1, -0.05) is 45.4 Å². The third-order valence-electron chi connectivity index (χ3n) is 7.62. The Morgan fingerprint density at radius 3 is 2.56 bits per heavy atom. The van der Waals surface area contributed by atoms with E-state index in [-0.39, 0.29) is 11.7 Å². The normalized spacial score (nSPS) is 19.2. The van der Waals surface area contributed by atoms with Gasteiger partial charge in [-0.15, -0.1) is 10.2 Å². The van der Waals surface area contributed by atoms with Crippen LogP contribution in [-0.4, -0.2) is 58.9 Å². The van der Waals surface area contributed by atoms with Crippen LogP contribution in [0.25, 0.3) is 16.9 Å². The first-order valence-electron chi connectivity index (χ1n) is 13.4. The molecule has 2 aliphatic carbocycles. The van der Waals surface area contributed by atoms with Crippen LogP contribution in [0.5, 0.6) is 0 Å². The lowest BCUT2D eigenvalue weighted by Gasteiger charge is -2.32. The third-order valence-corrected chi connectivity index (χ3v) is 7.62. The van der Waals surface area contributed by atoms with Gasteiger partial charge in [0.15, 0.2) is 5.65 Å². The van der Waals surface area contributed by atoms with Crippen molar-refractivity contribution in [3.63, 3.8) is 0 Å². The van der Waals surface area contributed by atoms with Crippen LogP contribution >= 0.6 is 0 Å². The van der Waals surface area contributed by atoms with Gasteiger partial charge in [-0.05, 0) is 49.7 Å². The molecule has 0 aromatic carbocycles. The molecule has 3 aromatic rings. The highest BCUT2D eigenvalue weighted by molar-refractivity contribution is 5.91. The lowest BCUT2D eigenvalue weighted by molar-refractivity contribution is -0.0203. The molecule has 0 aliphatic heterocycles.